The van der Waals surface area contributed by atoms with Crippen molar-refractivity contribution in [2.45, 2.75) is 18.9 Å². The third-order valence-electron chi connectivity index (χ3n) is 2.24. The molecule has 0 spiro atoms. The summed E-state index contributed by atoms with van der Waals surface area (Å²) in [5.41, 5.74) is 0.679. The molecule has 1 amide bonds. The van der Waals surface area contributed by atoms with E-state index >= 15 is 0 Å². The van der Waals surface area contributed by atoms with Gasteiger partial charge in [-0.3, -0.25) is 4.79 Å². The van der Waals surface area contributed by atoms with Crippen molar-refractivity contribution in [1.82, 2.24) is 4.98 Å². The summed E-state index contributed by atoms with van der Waals surface area (Å²) < 4.78 is 5.91. The Bertz CT molecular complexity index is 364. The highest BCUT2D eigenvalue weighted by molar-refractivity contribution is 9.10. The molecule has 5 heteroatoms. The van der Waals surface area contributed by atoms with E-state index in [2.05, 4.69) is 26.2 Å². The maximum Gasteiger partial charge on any atom is 0.253 e. The van der Waals surface area contributed by atoms with Gasteiger partial charge in [-0.15, -0.1) is 0 Å². The van der Waals surface area contributed by atoms with Crippen LogP contribution in [0, 0.1) is 0 Å². The molecule has 1 atom stereocenters. The zero-order valence-corrected chi connectivity index (χ0v) is 9.66. The number of hydrogen-bond donors (Lipinski definition) is 1. The van der Waals surface area contributed by atoms with E-state index in [0.717, 1.165) is 12.8 Å². The predicted octanol–water partition coefficient (Wildman–Crippen LogP) is 1.96. The number of pyridine rings is 1. The van der Waals surface area contributed by atoms with Crippen molar-refractivity contribution in [2.75, 3.05) is 11.9 Å². The van der Waals surface area contributed by atoms with Crippen LogP contribution in [-0.4, -0.2) is 23.6 Å². The lowest BCUT2D eigenvalue weighted by atomic mass is 10.2. The zero-order chi connectivity index (χ0) is 10.7. The SMILES string of the molecule is O=C(Nc1cccnc1Br)C1CCCO1. The first-order valence-electron chi connectivity index (χ1n) is 4.80. The van der Waals surface area contributed by atoms with Gasteiger partial charge in [0, 0.05) is 12.8 Å². The highest BCUT2D eigenvalue weighted by Gasteiger charge is 2.23. The van der Waals surface area contributed by atoms with Crippen molar-refractivity contribution in [1.29, 1.82) is 0 Å². The van der Waals surface area contributed by atoms with Crippen molar-refractivity contribution in [2.24, 2.45) is 0 Å². The van der Waals surface area contributed by atoms with Crippen LogP contribution in [-0.2, 0) is 9.53 Å². The number of nitrogens with zero attached hydrogens (tertiary/aromatic N) is 1. The second kappa shape index (κ2) is 4.72. The largest absolute Gasteiger partial charge is 0.368 e. The van der Waals surface area contributed by atoms with E-state index < -0.39 is 0 Å². The van der Waals surface area contributed by atoms with Crippen LogP contribution in [0.4, 0.5) is 5.69 Å². The van der Waals surface area contributed by atoms with Crippen molar-refractivity contribution in [3.63, 3.8) is 0 Å². The molecule has 2 heterocycles. The molecule has 0 radical (unpaired) electrons. The summed E-state index contributed by atoms with van der Waals surface area (Å²) in [5.74, 6) is -0.0961. The fraction of sp³-hybridized carbons (Fsp3) is 0.400. The first-order chi connectivity index (χ1) is 7.27. The van der Waals surface area contributed by atoms with Gasteiger partial charge in [-0.1, -0.05) is 0 Å². The summed E-state index contributed by atoms with van der Waals surface area (Å²) in [7, 11) is 0. The van der Waals surface area contributed by atoms with Crippen LogP contribution in [0.15, 0.2) is 22.9 Å². The van der Waals surface area contributed by atoms with E-state index in [1.165, 1.54) is 0 Å². The molecular formula is C10H11BrN2O2. The van der Waals surface area contributed by atoms with Crippen LogP contribution in [0.2, 0.25) is 0 Å². The average Bonchev–Trinajstić information content (AvgIpc) is 2.74. The molecule has 0 aliphatic carbocycles. The quantitative estimate of drug-likeness (QED) is 0.836. The smallest absolute Gasteiger partial charge is 0.253 e. The lowest BCUT2D eigenvalue weighted by Gasteiger charge is -2.10. The van der Waals surface area contributed by atoms with Gasteiger partial charge < -0.3 is 10.1 Å². The number of carbonyl (C=O) groups is 1. The van der Waals surface area contributed by atoms with Gasteiger partial charge in [0.2, 0.25) is 0 Å². The average molecular weight is 271 g/mol. The Morgan fingerprint density at radius 2 is 2.53 bits per heavy atom. The lowest BCUT2D eigenvalue weighted by molar-refractivity contribution is -0.124. The summed E-state index contributed by atoms with van der Waals surface area (Å²) in [6.07, 6.45) is 3.10. The normalized spacial score (nSPS) is 20.2. The van der Waals surface area contributed by atoms with E-state index in [-0.39, 0.29) is 12.0 Å². The van der Waals surface area contributed by atoms with Gasteiger partial charge in [0.05, 0.1) is 5.69 Å². The van der Waals surface area contributed by atoms with E-state index in [1.54, 1.807) is 18.3 Å². The summed E-state index contributed by atoms with van der Waals surface area (Å²) in [6, 6.07) is 3.57. The second-order valence-electron chi connectivity index (χ2n) is 3.33. The summed E-state index contributed by atoms with van der Waals surface area (Å²) >= 11 is 3.27. The second-order valence-corrected chi connectivity index (χ2v) is 4.08. The standard InChI is InChI=1S/C10H11BrN2O2/c11-9-7(3-1-5-12-9)13-10(14)8-4-2-6-15-8/h1,3,5,8H,2,4,6H2,(H,13,14). The third-order valence-corrected chi connectivity index (χ3v) is 2.87. The molecule has 4 nitrogen and oxygen atoms in total. The number of amides is 1. The zero-order valence-electron chi connectivity index (χ0n) is 8.07. The molecule has 0 aromatic carbocycles. The van der Waals surface area contributed by atoms with Gasteiger partial charge in [-0.25, -0.2) is 4.98 Å². The Morgan fingerprint density at radius 1 is 1.67 bits per heavy atom. The van der Waals surface area contributed by atoms with Crippen LogP contribution in [0.3, 0.4) is 0 Å². The maximum atomic E-state index is 11.7. The number of nitrogens with one attached hydrogen (secondary N) is 1. The van der Waals surface area contributed by atoms with Gasteiger partial charge in [-0.05, 0) is 40.9 Å². The summed E-state index contributed by atoms with van der Waals surface area (Å²) in [6.45, 7) is 0.673. The fourth-order valence-electron chi connectivity index (χ4n) is 1.48. The van der Waals surface area contributed by atoms with Crippen molar-refractivity contribution < 1.29 is 9.53 Å². The maximum absolute atomic E-state index is 11.7. The van der Waals surface area contributed by atoms with E-state index in [1.807, 2.05) is 0 Å². The van der Waals surface area contributed by atoms with E-state index in [4.69, 9.17) is 4.74 Å². The molecule has 2 rings (SSSR count). The Kier molecular flexibility index (Phi) is 3.33. The Balaban J connectivity index is 2.02. The van der Waals surface area contributed by atoms with Crippen LogP contribution in [0.5, 0.6) is 0 Å². The highest BCUT2D eigenvalue weighted by Crippen LogP contribution is 2.20. The third kappa shape index (κ3) is 2.54. The Labute approximate surface area is 96.2 Å². The van der Waals surface area contributed by atoms with Crippen molar-refractivity contribution in [3.8, 4) is 0 Å². The number of ether oxygens (including phenoxy) is 1. The molecule has 1 fully saturated rings. The molecule has 1 aromatic rings. The van der Waals surface area contributed by atoms with Crippen molar-refractivity contribution >= 4 is 27.5 Å². The highest BCUT2D eigenvalue weighted by atomic mass is 79.9. The van der Waals surface area contributed by atoms with Crippen LogP contribution < -0.4 is 5.32 Å². The summed E-state index contributed by atoms with van der Waals surface area (Å²) in [5, 5.41) is 2.78. The molecule has 0 bridgehead atoms. The molecule has 15 heavy (non-hydrogen) atoms. The number of carbonyl (C=O) groups excluding carboxylic acids is 1. The molecule has 1 unspecified atom stereocenters. The molecule has 1 aliphatic heterocycles. The monoisotopic (exact) mass is 270 g/mol. The minimum absolute atomic E-state index is 0.0961. The van der Waals surface area contributed by atoms with Gasteiger partial charge in [0.15, 0.2) is 0 Å². The molecule has 80 valence electrons. The Hall–Kier alpha value is -0.940. The predicted molar refractivity (Wildman–Crippen MR) is 59.5 cm³/mol. The van der Waals surface area contributed by atoms with Crippen LogP contribution >= 0.6 is 15.9 Å². The number of halogens is 1. The van der Waals surface area contributed by atoms with Crippen molar-refractivity contribution in [3.05, 3.63) is 22.9 Å². The summed E-state index contributed by atoms with van der Waals surface area (Å²) in [4.78, 5) is 15.7. The van der Waals surface area contributed by atoms with Crippen LogP contribution in [0.25, 0.3) is 0 Å². The fourth-order valence-corrected chi connectivity index (χ4v) is 1.83. The molecular weight excluding hydrogens is 260 g/mol. The topological polar surface area (TPSA) is 51.2 Å². The first-order valence-corrected chi connectivity index (χ1v) is 5.59. The van der Waals surface area contributed by atoms with E-state index in [0.29, 0.717) is 16.9 Å². The minimum atomic E-state index is -0.308. The number of anilines is 1. The van der Waals surface area contributed by atoms with Crippen LogP contribution in [0.1, 0.15) is 12.8 Å². The molecule has 1 aliphatic rings. The molecule has 0 saturated carbocycles. The number of aromatic nitrogens is 1. The van der Waals surface area contributed by atoms with Gasteiger partial charge >= 0.3 is 0 Å². The van der Waals surface area contributed by atoms with E-state index in [9.17, 15) is 4.79 Å². The first kappa shape index (κ1) is 10.6. The lowest BCUT2D eigenvalue weighted by Crippen LogP contribution is -2.27. The number of hydrogen-bond acceptors (Lipinski definition) is 3. The minimum Gasteiger partial charge on any atom is -0.368 e. The number of rotatable bonds is 2. The Morgan fingerprint density at radius 3 is 3.20 bits per heavy atom. The molecule has 1 aromatic heterocycles. The van der Waals surface area contributed by atoms with Gasteiger partial charge in [0.1, 0.15) is 10.7 Å². The molecule has 1 saturated heterocycles. The van der Waals surface area contributed by atoms with Gasteiger partial charge in [-0.2, -0.15) is 0 Å². The van der Waals surface area contributed by atoms with Gasteiger partial charge in [0.25, 0.3) is 5.91 Å². The molecule has 1 N–H and O–H groups in total.